The summed E-state index contributed by atoms with van der Waals surface area (Å²) in [6.45, 7) is 0. The number of hydrogen-bond acceptors (Lipinski definition) is 8. The number of methoxy groups -OCH3 is 1. The lowest BCUT2D eigenvalue weighted by Gasteiger charge is -2.22. The Bertz CT molecular complexity index is 1040. The molecule has 0 saturated carbocycles. The van der Waals surface area contributed by atoms with Crippen LogP contribution in [0.1, 0.15) is 23.6 Å². The van der Waals surface area contributed by atoms with Crippen molar-refractivity contribution in [3.63, 3.8) is 0 Å². The first-order valence-corrected chi connectivity index (χ1v) is 11.2. The average molecular weight is 440 g/mol. The Morgan fingerprint density at radius 3 is 2.63 bits per heavy atom. The van der Waals surface area contributed by atoms with Gasteiger partial charge in [0, 0.05) is 13.5 Å². The number of carbonyl (C=O) groups is 1. The zero-order chi connectivity index (χ0) is 20.9. The molecule has 1 aromatic heterocycles. The molecule has 0 fully saturated rings. The Morgan fingerprint density at radius 1 is 1.20 bits per heavy atom. The summed E-state index contributed by atoms with van der Waals surface area (Å²) in [5.41, 5.74) is 2.96. The predicted octanol–water partition coefficient (Wildman–Crippen LogP) is 4.06. The van der Waals surface area contributed by atoms with Crippen LogP contribution in [0.4, 0.5) is 5.13 Å². The number of anilines is 1. The number of hydrazone groups is 1. The summed E-state index contributed by atoms with van der Waals surface area (Å²) in [4.78, 5) is 13.1. The van der Waals surface area contributed by atoms with Gasteiger partial charge in [-0.1, -0.05) is 65.6 Å². The van der Waals surface area contributed by atoms with Crippen LogP contribution in [0, 0.1) is 0 Å². The highest BCUT2D eigenvalue weighted by Gasteiger charge is 2.33. The number of thioether (sulfide) groups is 1. The van der Waals surface area contributed by atoms with Crippen LogP contribution < -0.4 is 10.1 Å². The van der Waals surface area contributed by atoms with Gasteiger partial charge in [0.05, 0.1) is 24.6 Å². The molecule has 1 N–H and O–H groups in total. The molecule has 0 aliphatic carbocycles. The molecule has 2 heterocycles. The van der Waals surface area contributed by atoms with Gasteiger partial charge in [0.2, 0.25) is 5.13 Å². The molecule has 0 bridgehead atoms. The van der Waals surface area contributed by atoms with Gasteiger partial charge in [-0.05, 0) is 23.3 Å². The molecule has 7 nitrogen and oxygen atoms in total. The third kappa shape index (κ3) is 4.47. The van der Waals surface area contributed by atoms with E-state index in [2.05, 4.69) is 15.5 Å². The molecule has 1 atom stereocenters. The number of aromatic nitrogens is 2. The van der Waals surface area contributed by atoms with E-state index in [1.807, 2.05) is 54.6 Å². The molecule has 0 spiro atoms. The highest BCUT2D eigenvalue weighted by Crippen LogP contribution is 2.35. The normalized spacial score (nSPS) is 15.7. The number of ether oxygens (including phenoxy) is 1. The Kier molecular flexibility index (Phi) is 6.29. The quantitative estimate of drug-likeness (QED) is 0.559. The van der Waals surface area contributed by atoms with Crippen molar-refractivity contribution >= 4 is 39.8 Å². The fourth-order valence-electron chi connectivity index (χ4n) is 3.19. The lowest BCUT2D eigenvalue weighted by atomic mass is 9.98. The summed E-state index contributed by atoms with van der Waals surface area (Å²) in [6.07, 6.45) is 0.662. The van der Waals surface area contributed by atoms with Crippen LogP contribution in [0.2, 0.25) is 0 Å². The van der Waals surface area contributed by atoms with Gasteiger partial charge < -0.3 is 10.1 Å². The summed E-state index contributed by atoms with van der Waals surface area (Å²) in [5, 5.41) is 18.1. The monoisotopic (exact) mass is 439 g/mol. The predicted molar refractivity (Wildman–Crippen MR) is 120 cm³/mol. The molecule has 0 radical (unpaired) electrons. The first kappa shape index (κ1) is 20.4. The average Bonchev–Trinajstić information content (AvgIpc) is 3.45. The second-order valence-electron chi connectivity index (χ2n) is 6.56. The van der Waals surface area contributed by atoms with Crippen LogP contribution in [0.3, 0.4) is 0 Å². The van der Waals surface area contributed by atoms with E-state index in [-0.39, 0.29) is 17.7 Å². The summed E-state index contributed by atoms with van der Waals surface area (Å²) in [6, 6.07) is 17.6. The molecule has 0 saturated heterocycles. The molecule has 9 heteroatoms. The third-order valence-electron chi connectivity index (χ3n) is 4.71. The molecule has 3 aromatic rings. The zero-order valence-corrected chi connectivity index (χ0v) is 18.2. The van der Waals surface area contributed by atoms with E-state index in [4.69, 9.17) is 9.84 Å². The van der Waals surface area contributed by atoms with Crippen molar-refractivity contribution in [1.29, 1.82) is 0 Å². The third-order valence-corrected chi connectivity index (χ3v) is 6.77. The van der Waals surface area contributed by atoms with Crippen molar-refractivity contribution in [1.82, 2.24) is 15.2 Å². The second-order valence-corrected chi connectivity index (χ2v) is 8.76. The van der Waals surface area contributed by atoms with Crippen molar-refractivity contribution in [2.75, 3.05) is 25.2 Å². The second kappa shape index (κ2) is 9.27. The van der Waals surface area contributed by atoms with Gasteiger partial charge in [-0.25, -0.2) is 5.01 Å². The van der Waals surface area contributed by atoms with E-state index in [0.29, 0.717) is 6.42 Å². The largest absolute Gasteiger partial charge is 0.497 e. The summed E-state index contributed by atoms with van der Waals surface area (Å²) in [7, 11) is 3.44. The molecule has 2 aromatic carbocycles. The summed E-state index contributed by atoms with van der Waals surface area (Å²) < 4.78 is 6.02. The van der Waals surface area contributed by atoms with Crippen molar-refractivity contribution < 1.29 is 9.53 Å². The standard InChI is InChI=1S/C21H21N5O2S2/c1-22-20-23-24-21(30-20)29-13-19(27)26-18(15-8-10-16(28-2)11-9-15)12-17(25-26)14-6-4-3-5-7-14/h3-11,18H,12-13H2,1-2H3,(H,22,23). The minimum absolute atomic E-state index is 0.0621. The number of benzene rings is 2. The van der Waals surface area contributed by atoms with Crippen LogP contribution in [0.5, 0.6) is 5.75 Å². The first-order chi connectivity index (χ1) is 14.7. The Labute approximate surface area is 183 Å². The maximum Gasteiger partial charge on any atom is 0.253 e. The SMILES string of the molecule is CNc1nnc(SCC(=O)N2N=C(c3ccccc3)CC2c2ccc(OC)cc2)s1. The lowest BCUT2D eigenvalue weighted by Crippen LogP contribution is -2.28. The fourth-order valence-corrected chi connectivity index (χ4v) is 4.75. The molecule has 4 rings (SSSR count). The van der Waals surface area contributed by atoms with E-state index >= 15 is 0 Å². The molecule has 1 amide bonds. The van der Waals surface area contributed by atoms with Gasteiger partial charge in [0.1, 0.15) is 5.75 Å². The number of nitrogens with one attached hydrogen (secondary N) is 1. The Morgan fingerprint density at radius 2 is 1.97 bits per heavy atom. The van der Waals surface area contributed by atoms with E-state index in [1.165, 1.54) is 23.1 Å². The van der Waals surface area contributed by atoms with Crippen LogP contribution in [0.25, 0.3) is 0 Å². The Hall–Kier alpha value is -2.91. The van der Waals surface area contributed by atoms with E-state index in [1.54, 1.807) is 19.2 Å². The van der Waals surface area contributed by atoms with Gasteiger partial charge in [0.25, 0.3) is 5.91 Å². The van der Waals surface area contributed by atoms with E-state index < -0.39 is 0 Å². The molecule has 1 aliphatic heterocycles. The first-order valence-electron chi connectivity index (χ1n) is 9.41. The van der Waals surface area contributed by atoms with Crippen molar-refractivity contribution in [3.05, 3.63) is 65.7 Å². The fraction of sp³-hybridized carbons (Fsp3) is 0.238. The smallest absolute Gasteiger partial charge is 0.253 e. The molecule has 154 valence electrons. The van der Waals surface area contributed by atoms with E-state index in [0.717, 1.165) is 32.1 Å². The number of nitrogens with zero attached hydrogens (tertiary/aromatic N) is 4. The maximum absolute atomic E-state index is 13.1. The zero-order valence-electron chi connectivity index (χ0n) is 16.6. The summed E-state index contributed by atoms with van der Waals surface area (Å²) >= 11 is 2.80. The molecular formula is C21H21N5O2S2. The highest BCUT2D eigenvalue weighted by atomic mass is 32.2. The van der Waals surface area contributed by atoms with Crippen molar-refractivity contribution in [3.8, 4) is 5.75 Å². The topological polar surface area (TPSA) is 79.7 Å². The maximum atomic E-state index is 13.1. The number of hydrogen-bond donors (Lipinski definition) is 1. The number of rotatable bonds is 7. The number of carbonyl (C=O) groups excluding carboxylic acids is 1. The lowest BCUT2D eigenvalue weighted by molar-refractivity contribution is -0.130. The van der Waals surface area contributed by atoms with Crippen molar-refractivity contribution in [2.24, 2.45) is 5.10 Å². The van der Waals surface area contributed by atoms with Crippen LogP contribution in [-0.2, 0) is 4.79 Å². The van der Waals surface area contributed by atoms with Crippen LogP contribution >= 0.6 is 23.1 Å². The van der Waals surface area contributed by atoms with Gasteiger partial charge >= 0.3 is 0 Å². The minimum Gasteiger partial charge on any atom is -0.497 e. The molecular weight excluding hydrogens is 418 g/mol. The molecule has 1 unspecified atom stereocenters. The van der Waals surface area contributed by atoms with Crippen LogP contribution in [-0.4, -0.2) is 46.7 Å². The molecule has 1 aliphatic rings. The Balaban J connectivity index is 1.55. The highest BCUT2D eigenvalue weighted by molar-refractivity contribution is 8.01. The van der Waals surface area contributed by atoms with Crippen molar-refractivity contribution in [2.45, 2.75) is 16.8 Å². The number of amides is 1. The summed E-state index contributed by atoms with van der Waals surface area (Å²) in [5.74, 6) is 0.968. The van der Waals surface area contributed by atoms with Gasteiger partial charge in [0.15, 0.2) is 4.34 Å². The van der Waals surface area contributed by atoms with Gasteiger partial charge in [-0.15, -0.1) is 10.2 Å². The van der Waals surface area contributed by atoms with E-state index in [9.17, 15) is 4.79 Å². The van der Waals surface area contributed by atoms with Gasteiger partial charge in [-0.2, -0.15) is 5.10 Å². The molecule has 30 heavy (non-hydrogen) atoms. The minimum atomic E-state index is -0.151. The van der Waals surface area contributed by atoms with Gasteiger partial charge in [-0.3, -0.25) is 4.79 Å². The van der Waals surface area contributed by atoms with Crippen LogP contribution in [0.15, 0.2) is 64.0 Å².